The highest BCUT2D eigenvalue weighted by Crippen LogP contribution is 2.20. The summed E-state index contributed by atoms with van der Waals surface area (Å²) in [6, 6.07) is 0. The molecule has 0 aliphatic carbocycles. The molecule has 0 aromatic carbocycles. The van der Waals surface area contributed by atoms with E-state index in [2.05, 4.69) is 10.2 Å². The van der Waals surface area contributed by atoms with E-state index in [1.165, 1.54) is 36.7 Å². The van der Waals surface area contributed by atoms with Crippen LogP contribution in [0.2, 0.25) is 0 Å². The van der Waals surface area contributed by atoms with Crippen LogP contribution in [0.3, 0.4) is 0 Å². The van der Waals surface area contributed by atoms with Crippen LogP contribution in [0.4, 0.5) is 0 Å². The summed E-state index contributed by atoms with van der Waals surface area (Å²) in [7, 11) is -3.11. The van der Waals surface area contributed by atoms with Crippen molar-refractivity contribution in [1.29, 1.82) is 0 Å². The van der Waals surface area contributed by atoms with Gasteiger partial charge in [-0.25, -0.2) is 12.7 Å². The topological polar surface area (TPSA) is 69.7 Å². The highest BCUT2D eigenvalue weighted by molar-refractivity contribution is 7.89. The average Bonchev–Trinajstić information content (AvgIpc) is 2.59. The van der Waals surface area contributed by atoms with Crippen molar-refractivity contribution in [2.75, 3.05) is 45.0 Å². The second-order valence-corrected chi connectivity index (χ2v) is 8.88. The first-order chi connectivity index (χ1) is 11.0. The lowest BCUT2D eigenvalue weighted by Crippen LogP contribution is -2.43. The normalized spacial score (nSPS) is 22.1. The standard InChI is InChI=1S/C16H31N3O3S/c1-2-23(21,22)19-13-7-15(8-14-19)16(20)17-9-6-12-18-10-4-3-5-11-18/h15H,2-14H2,1H3,(H,17,20). The first kappa shape index (κ1) is 18.7. The van der Waals surface area contributed by atoms with Gasteiger partial charge in [-0.15, -0.1) is 0 Å². The predicted molar refractivity (Wildman–Crippen MR) is 91.7 cm³/mol. The number of hydrogen-bond donors (Lipinski definition) is 1. The first-order valence-electron chi connectivity index (χ1n) is 9.01. The molecule has 23 heavy (non-hydrogen) atoms. The van der Waals surface area contributed by atoms with Crippen molar-refractivity contribution in [2.45, 2.75) is 45.4 Å². The maximum absolute atomic E-state index is 12.2. The van der Waals surface area contributed by atoms with Gasteiger partial charge in [-0.3, -0.25) is 4.79 Å². The van der Waals surface area contributed by atoms with Crippen molar-refractivity contribution in [3.05, 3.63) is 0 Å². The fourth-order valence-corrected chi connectivity index (χ4v) is 4.55. The lowest BCUT2D eigenvalue weighted by atomic mass is 9.97. The number of nitrogens with zero attached hydrogens (tertiary/aromatic N) is 2. The summed E-state index contributed by atoms with van der Waals surface area (Å²) in [6.45, 7) is 6.79. The quantitative estimate of drug-likeness (QED) is 0.700. The lowest BCUT2D eigenvalue weighted by molar-refractivity contribution is -0.126. The molecule has 2 saturated heterocycles. The van der Waals surface area contributed by atoms with Crippen molar-refractivity contribution in [3.63, 3.8) is 0 Å². The van der Waals surface area contributed by atoms with E-state index in [-0.39, 0.29) is 17.6 Å². The number of carbonyl (C=O) groups is 1. The molecular weight excluding hydrogens is 314 g/mol. The molecule has 0 aromatic rings. The Labute approximate surface area is 140 Å². The van der Waals surface area contributed by atoms with E-state index >= 15 is 0 Å². The van der Waals surface area contributed by atoms with E-state index in [1.807, 2.05) is 0 Å². The molecule has 2 rings (SSSR count). The third-order valence-electron chi connectivity index (χ3n) is 4.98. The van der Waals surface area contributed by atoms with E-state index in [1.54, 1.807) is 6.92 Å². The Morgan fingerprint density at radius 2 is 1.74 bits per heavy atom. The molecule has 1 amide bonds. The number of hydrogen-bond acceptors (Lipinski definition) is 4. The Morgan fingerprint density at radius 3 is 2.35 bits per heavy atom. The Balaban J connectivity index is 1.61. The summed E-state index contributed by atoms with van der Waals surface area (Å²) in [5.41, 5.74) is 0. The summed E-state index contributed by atoms with van der Waals surface area (Å²) in [6.07, 6.45) is 6.21. The minimum absolute atomic E-state index is 0.0340. The van der Waals surface area contributed by atoms with Crippen molar-refractivity contribution in [1.82, 2.24) is 14.5 Å². The van der Waals surface area contributed by atoms with Gasteiger partial charge in [0, 0.05) is 25.6 Å². The maximum atomic E-state index is 12.2. The fourth-order valence-electron chi connectivity index (χ4n) is 3.42. The highest BCUT2D eigenvalue weighted by Gasteiger charge is 2.29. The van der Waals surface area contributed by atoms with Crippen molar-refractivity contribution >= 4 is 15.9 Å². The molecule has 6 nitrogen and oxygen atoms in total. The molecule has 2 heterocycles. The monoisotopic (exact) mass is 345 g/mol. The third-order valence-corrected chi connectivity index (χ3v) is 6.86. The minimum atomic E-state index is -3.11. The molecule has 0 saturated carbocycles. The largest absolute Gasteiger partial charge is 0.356 e. The van der Waals surface area contributed by atoms with Crippen molar-refractivity contribution in [2.24, 2.45) is 5.92 Å². The van der Waals surface area contributed by atoms with Gasteiger partial charge in [-0.2, -0.15) is 0 Å². The van der Waals surface area contributed by atoms with Gasteiger partial charge in [0.05, 0.1) is 5.75 Å². The van der Waals surface area contributed by atoms with E-state index in [9.17, 15) is 13.2 Å². The van der Waals surface area contributed by atoms with Gasteiger partial charge in [-0.05, 0) is 58.7 Å². The van der Waals surface area contributed by atoms with Gasteiger partial charge in [0.1, 0.15) is 0 Å². The number of likely N-dealkylation sites (tertiary alicyclic amines) is 1. The van der Waals surface area contributed by atoms with Gasteiger partial charge in [-0.1, -0.05) is 6.42 Å². The number of nitrogens with one attached hydrogen (secondary N) is 1. The molecule has 0 radical (unpaired) electrons. The molecule has 1 N–H and O–H groups in total. The molecule has 2 fully saturated rings. The second-order valence-electron chi connectivity index (χ2n) is 6.62. The second kappa shape index (κ2) is 8.99. The smallest absolute Gasteiger partial charge is 0.223 e. The van der Waals surface area contributed by atoms with Crippen LogP contribution in [-0.4, -0.2) is 68.6 Å². The highest BCUT2D eigenvalue weighted by atomic mass is 32.2. The van der Waals surface area contributed by atoms with Crippen LogP contribution in [-0.2, 0) is 14.8 Å². The van der Waals surface area contributed by atoms with Crippen LogP contribution in [0.25, 0.3) is 0 Å². The number of piperidine rings is 2. The third kappa shape index (κ3) is 5.72. The maximum Gasteiger partial charge on any atom is 0.223 e. The summed E-state index contributed by atoms with van der Waals surface area (Å²) < 4.78 is 25.1. The summed E-state index contributed by atoms with van der Waals surface area (Å²) in [5.74, 6) is 0.200. The zero-order valence-electron chi connectivity index (χ0n) is 14.3. The molecule has 0 aromatic heterocycles. The van der Waals surface area contributed by atoms with Crippen LogP contribution < -0.4 is 5.32 Å². The molecule has 0 spiro atoms. The van der Waals surface area contributed by atoms with Crippen LogP contribution >= 0.6 is 0 Å². The number of amides is 1. The Hall–Kier alpha value is -0.660. The molecule has 2 aliphatic heterocycles. The van der Waals surface area contributed by atoms with Gasteiger partial charge in [0.15, 0.2) is 0 Å². The number of sulfonamides is 1. The van der Waals surface area contributed by atoms with Gasteiger partial charge < -0.3 is 10.2 Å². The van der Waals surface area contributed by atoms with Crippen LogP contribution in [0.1, 0.15) is 45.4 Å². The van der Waals surface area contributed by atoms with E-state index in [0.29, 0.717) is 25.9 Å². The summed E-state index contributed by atoms with van der Waals surface area (Å²) >= 11 is 0. The SMILES string of the molecule is CCS(=O)(=O)N1CCC(C(=O)NCCCN2CCCCC2)CC1. The van der Waals surface area contributed by atoms with Crippen molar-refractivity contribution in [3.8, 4) is 0 Å². The van der Waals surface area contributed by atoms with Crippen LogP contribution in [0.15, 0.2) is 0 Å². The van der Waals surface area contributed by atoms with Crippen molar-refractivity contribution < 1.29 is 13.2 Å². The zero-order valence-corrected chi connectivity index (χ0v) is 15.1. The number of rotatable bonds is 7. The summed E-state index contributed by atoms with van der Waals surface area (Å²) in [4.78, 5) is 14.7. The molecule has 0 unspecified atom stereocenters. The fraction of sp³-hybridized carbons (Fsp3) is 0.938. The number of carbonyl (C=O) groups excluding carboxylic acids is 1. The molecular formula is C16H31N3O3S. The van der Waals surface area contributed by atoms with Crippen LogP contribution in [0.5, 0.6) is 0 Å². The molecule has 2 aliphatic rings. The zero-order chi connectivity index (χ0) is 16.7. The predicted octanol–water partition coefficient (Wildman–Crippen LogP) is 1.04. The molecule has 0 atom stereocenters. The molecule has 134 valence electrons. The Morgan fingerprint density at radius 1 is 1.09 bits per heavy atom. The van der Waals surface area contributed by atoms with E-state index in [4.69, 9.17) is 0 Å². The van der Waals surface area contributed by atoms with Gasteiger partial charge in [0.2, 0.25) is 15.9 Å². The van der Waals surface area contributed by atoms with E-state index < -0.39 is 10.0 Å². The van der Waals surface area contributed by atoms with Gasteiger partial charge in [0.25, 0.3) is 0 Å². The average molecular weight is 346 g/mol. The van der Waals surface area contributed by atoms with Crippen LogP contribution in [0, 0.1) is 5.92 Å². The molecule has 0 bridgehead atoms. The van der Waals surface area contributed by atoms with E-state index in [0.717, 1.165) is 19.5 Å². The van der Waals surface area contributed by atoms with Gasteiger partial charge >= 0.3 is 0 Å². The lowest BCUT2D eigenvalue weighted by Gasteiger charge is -2.30. The Kier molecular flexibility index (Phi) is 7.30. The minimum Gasteiger partial charge on any atom is -0.356 e. The Bertz CT molecular complexity index is 467. The first-order valence-corrected chi connectivity index (χ1v) is 10.6. The summed E-state index contributed by atoms with van der Waals surface area (Å²) in [5, 5.41) is 3.03. The molecule has 7 heteroatoms.